The normalized spacial score (nSPS) is 27.1. The fourth-order valence-corrected chi connectivity index (χ4v) is 7.10. The van der Waals surface area contributed by atoms with Gasteiger partial charge in [-0.05, 0) is 93.2 Å². The van der Waals surface area contributed by atoms with E-state index in [1.165, 1.54) is 0 Å². The van der Waals surface area contributed by atoms with Crippen LogP contribution in [0.15, 0.2) is 67.0 Å². The number of aromatic hydroxyl groups is 1. The highest BCUT2D eigenvalue weighted by Gasteiger charge is 2.37. The van der Waals surface area contributed by atoms with E-state index < -0.39 is 24.2 Å². The average molecular weight is 656 g/mol. The second-order valence-corrected chi connectivity index (χ2v) is 13.5. The van der Waals surface area contributed by atoms with Crippen LogP contribution in [0, 0.1) is 29.6 Å². The molecule has 2 aliphatic carbocycles. The smallest absolute Gasteiger partial charge is 0.161 e. The van der Waals surface area contributed by atoms with Crippen molar-refractivity contribution >= 4 is 5.82 Å². The molecule has 0 spiro atoms. The van der Waals surface area contributed by atoms with Crippen molar-refractivity contribution in [1.82, 2.24) is 15.3 Å². The predicted octanol–water partition coefficient (Wildman–Crippen LogP) is 4.67. The number of phenolic OH excluding ortho intramolecular Hbond substituents is 1. The first-order chi connectivity index (χ1) is 23.2. The summed E-state index contributed by atoms with van der Waals surface area (Å²) in [6, 6.07) is 13.3. The summed E-state index contributed by atoms with van der Waals surface area (Å²) in [4.78, 5) is 8.58. The van der Waals surface area contributed by atoms with E-state index in [1.807, 2.05) is 36.4 Å². The maximum atomic E-state index is 11.6. The van der Waals surface area contributed by atoms with Crippen molar-refractivity contribution in [2.75, 3.05) is 18.9 Å². The molecule has 9 atom stereocenters. The molecule has 9 heteroatoms. The number of benzene rings is 1. The van der Waals surface area contributed by atoms with Gasteiger partial charge in [-0.25, -0.2) is 4.98 Å². The van der Waals surface area contributed by atoms with Gasteiger partial charge >= 0.3 is 0 Å². The van der Waals surface area contributed by atoms with Gasteiger partial charge in [0.15, 0.2) is 11.5 Å². The zero-order valence-electron chi connectivity index (χ0n) is 28.1. The standard InChI is InChI=1S/C39H51N4O5/c1-3-26-6-7-27-8-9-28(21-36(47)39(27)35(46)13-11-33(19-26)43-24-25(2)44)29-10-12-34(45)37(22-29)48-18-15-31(20-32-5-4-16-41-32)30-14-17-42-38(40)23-30/h4-5,8-10,12,14,16-17,22-23,25-28,31,33,35-36,39,43-47H,3,11,13,15,18-21,24H2,1-2H3,(H2,40,42)/q-1/t25-,26-,27-,28-,31+,33-,35-,36+,39+/m0/s1. The van der Waals surface area contributed by atoms with E-state index in [4.69, 9.17) is 10.5 Å². The van der Waals surface area contributed by atoms with Crippen molar-refractivity contribution in [2.45, 2.75) is 95.0 Å². The quantitative estimate of drug-likeness (QED) is 0.121. The number of nitrogens with two attached hydrogens (primary N) is 1. The summed E-state index contributed by atoms with van der Waals surface area (Å²) >= 11 is 0. The number of nitrogens with one attached hydrogen (secondary N) is 1. The minimum absolute atomic E-state index is 0.0547. The van der Waals surface area contributed by atoms with Crippen molar-refractivity contribution in [1.29, 1.82) is 0 Å². The highest BCUT2D eigenvalue weighted by molar-refractivity contribution is 5.44. The van der Waals surface area contributed by atoms with Gasteiger partial charge in [-0.1, -0.05) is 49.1 Å². The van der Waals surface area contributed by atoms with E-state index in [1.54, 1.807) is 25.4 Å². The Hall–Kier alpha value is -3.81. The molecule has 1 aromatic carbocycles. The van der Waals surface area contributed by atoms with E-state index in [0.717, 1.165) is 42.5 Å². The maximum absolute atomic E-state index is 11.6. The molecule has 9 nitrogen and oxygen atoms in total. The molecular formula is C39H51N4O5-. The molecule has 5 rings (SSSR count). The van der Waals surface area contributed by atoms with Gasteiger partial charge in [-0.2, -0.15) is 11.9 Å². The molecule has 48 heavy (non-hydrogen) atoms. The Labute approximate surface area is 284 Å². The largest absolute Gasteiger partial charge is 0.668 e. The second kappa shape index (κ2) is 17.0. The van der Waals surface area contributed by atoms with Crippen LogP contribution in [-0.4, -0.2) is 62.9 Å². The highest BCUT2D eigenvalue weighted by atomic mass is 16.5. The van der Waals surface area contributed by atoms with E-state index in [9.17, 15) is 20.4 Å². The molecule has 0 radical (unpaired) electrons. The number of aliphatic hydroxyl groups excluding tert-OH is 3. The molecule has 2 aromatic heterocycles. The summed E-state index contributed by atoms with van der Waals surface area (Å²) in [5.74, 6) is 7.24. The van der Waals surface area contributed by atoms with Crippen molar-refractivity contribution in [3.05, 3.63) is 83.8 Å². The molecule has 0 saturated carbocycles. The summed E-state index contributed by atoms with van der Waals surface area (Å²) in [7, 11) is 0. The van der Waals surface area contributed by atoms with Crippen LogP contribution >= 0.6 is 0 Å². The van der Waals surface area contributed by atoms with Gasteiger partial charge in [0.25, 0.3) is 0 Å². The lowest BCUT2D eigenvalue weighted by Gasteiger charge is -2.32. The van der Waals surface area contributed by atoms with Gasteiger partial charge in [0.05, 0.1) is 24.9 Å². The summed E-state index contributed by atoms with van der Waals surface area (Å²) in [5, 5.41) is 46.9. The Kier molecular flexibility index (Phi) is 12.6. The molecule has 3 aromatic rings. The maximum Gasteiger partial charge on any atom is 0.161 e. The zero-order chi connectivity index (χ0) is 34.0. The number of aliphatic hydroxyl groups is 3. The van der Waals surface area contributed by atoms with Crippen LogP contribution in [0.3, 0.4) is 0 Å². The van der Waals surface area contributed by atoms with Crippen LogP contribution in [0.4, 0.5) is 5.82 Å². The number of nitrogen functional groups attached to an aromatic ring is 1. The van der Waals surface area contributed by atoms with Crippen LogP contribution in [0.1, 0.15) is 81.0 Å². The van der Waals surface area contributed by atoms with Gasteiger partial charge < -0.3 is 41.2 Å². The summed E-state index contributed by atoms with van der Waals surface area (Å²) in [6.45, 7) is 4.76. The molecule has 2 aliphatic rings. The first kappa shape index (κ1) is 35.5. The van der Waals surface area contributed by atoms with Crippen LogP contribution in [0.25, 0.3) is 0 Å². The zero-order valence-corrected chi connectivity index (χ0v) is 28.1. The first-order valence-electron chi connectivity index (χ1n) is 17.4. The third-order valence-electron chi connectivity index (χ3n) is 9.86. The molecule has 0 unspecified atom stereocenters. The fourth-order valence-electron chi connectivity index (χ4n) is 7.10. The van der Waals surface area contributed by atoms with Gasteiger partial charge in [-0.3, -0.25) is 0 Å². The SMILES string of the molecule is CC[C@H]1C#C[C@H]2C=C[C@H](c3ccc(O)c(OCC[C@H](Cc4ccc[n-]4)c4ccnc(N)c4)c3)C[C@@H](O)[C@H]2[C@@H](O)CC[C@H](NC[C@H](C)O)C1. The highest BCUT2D eigenvalue weighted by Crippen LogP contribution is 2.39. The lowest BCUT2D eigenvalue weighted by molar-refractivity contribution is -0.00825. The molecule has 0 fully saturated rings. The molecule has 258 valence electrons. The van der Waals surface area contributed by atoms with Crippen LogP contribution in [-0.2, 0) is 6.42 Å². The minimum atomic E-state index is -0.779. The summed E-state index contributed by atoms with van der Waals surface area (Å²) in [6.07, 6.45) is 10.6. The summed E-state index contributed by atoms with van der Waals surface area (Å²) in [5.41, 5.74) is 8.95. The number of anilines is 1. The van der Waals surface area contributed by atoms with Gasteiger partial charge in [0, 0.05) is 42.5 Å². The number of hydrogen-bond acceptors (Lipinski definition) is 8. The number of allylic oxidation sites excluding steroid dienone is 2. The molecule has 0 aliphatic heterocycles. The number of ether oxygens (including phenoxy) is 1. The van der Waals surface area contributed by atoms with Crippen molar-refractivity contribution < 1.29 is 25.2 Å². The van der Waals surface area contributed by atoms with Crippen molar-refractivity contribution in [3.8, 4) is 23.3 Å². The lowest BCUT2D eigenvalue weighted by Crippen LogP contribution is -2.40. The van der Waals surface area contributed by atoms with Gasteiger partial charge in [0.2, 0.25) is 0 Å². The fraction of sp³-hybridized carbons (Fsp3) is 0.513. The van der Waals surface area contributed by atoms with Gasteiger partial charge in [-0.15, -0.1) is 0 Å². The molecule has 7 N–H and O–H groups in total. The Bertz CT molecular complexity index is 1530. The molecule has 0 bridgehead atoms. The van der Waals surface area contributed by atoms with Crippen molar-refractivity contribution in [3.63, 3.8) is 0 Å². The van der Waals surface area contributed by atoms with E-state index in [-0.39, 0.29) is 35.5 Å². The van der Waals surface area contributed by atoms with E-state index in [0.29, 0.717) is 44.0 Å². The van der Waals surface area contributed by atoms with E-state index >= 15 is 0 Å². The molecule has 2 heterocycles. The van der Waals surface area contributed by atoms with Crippen LogP contribution in [0.2, 0.25) is 0 Å². The van der Waals surface area contributed by atoms with Crippen LogP contribution in [0.5, 0.6) is 11.5 Å². The Morgan fingerprint density at radius 2 is 1.94 bits per heavy atom. The third-order valence-corrected chi connectivity index (χ3v) is 9.86. The first-order valence-corrected chi connectivity index (χ1v) is 17.4. The van der Waals surface area contributed by atoms with Crippen LogP contribution < -0.4 is 20.8 Å². The average Bonchev–Trinajstić information content (AvgIpc) is 3.52. The number of phenols is 1. The predicted molar refractivity (Wildman–Crippen MR) is 187 cm³/mol. The number of fused-ring (bicyclic) bond motifs is 1. The third kappa shape index (κ3) is 9.64. The number of rotatable bonds is 12. The molecule has 0 saturated heterocycles. The molecular weight excluding hydrogens is 604 g/mol. The molecule has 0 amide bonds. The monoisotopic (exact) mass is 655 g/mol. The minimum Gasteiger partial charge on any atom is -0.668 e. The number of hydrogen-bond donors (Lipinski definition) is 6. The number of pyridine rings is 1. The van der Waals surface area contributed by atoms with E-state index in [2.05, 4.69) is 46.2 Å². The summed E-state index contributed by atoms with van der Waals surface area (Å²) < 4.78 is 6.18. The topological polar surface area (TPSA) is 155 Å². The number of aromatic nitrogens is 2. The lowest BCUT2D eigenvalue weighted by atomic mass is 9.78. The van der Waals surface area contributed by atoms with Crippen molar-refractivity contribution in [2.24, 2.45) is 17.8 Å². The Morgan fingerprint density at radius 1 is 1.08 bits per heavy atom. The van der Waals surface area contributed by atoms with Gasteiger partial charge in [0.1, 0.15) is 5.82 Å². The Morgan fingerprint density at radius 3 is 2.69 bits per heavy atom. The number of nitrogens with zero attached hydrogens (tertiary/aromatic N) is 2. The Balaban J connectivity index is 1.29. The second-order valence-electron chi connectivity index (χ2n) is 13.5.